The van der Waals surface area contributed by atoms with Gasteiger partial charge < -0.3 is 19.7 Å². The molecule has 1 heterocycles. The van der Waals surface area contributed by atoms with Gasteiger partial charge in [-0.3, -0.25) is 9.59 Å². The van der Waals surface area contributed by atoms with E-state index in [0.29, 0.717) is 25.9 Å². The van der Waals surface area contributed by atoms with Gasteiger partial charge in [0.05, 0.1) is 0 Å². The van der Waals surface area contributed by atoms with Gasteiger partial charge in [-0.05, 0) is 39.7 Å². The normalized spacial score (nSPS) is 15.1. The number of rotatable bonds is 5. The molecule has 2 amide bonds. The highest BCUT2D eigenvalue weighted by molar-refractivity contribution is 9.10. The number of ether oxygens (including phenoxy) is 2. The van der Waals surface area contributed by atoms with E-state index < -0.39 is 11.6 Å². The van der Waals surface area contributed by atoms with Gasteiger partial charge in [-0.2, -0.15) is 0 Å². The second-order valence-corrected chi connectivity index (χ2v) is 8.57. The second-order valence-electron chi connectivity index (χ2n) is 7.71. The first kappa shape index (κ1) is 22.2. The Morgan fingerprint density at radius 3 is 2.43 bits per heavy atom. The van der Waals surface area contributed by atoms with Crippen molar-refractivity contribution in [2.75, 3.05) is 19.6 Å². The predicted molar refractivity (Wildman–Crippen MR) is 107 cm³/mol. The van der Waals surface area contributed by atoms with Crippen LogP contribution in [0.3, 0.4) is 0 Å². The lowest BCUT2D eigenvalue weighted by atomic mass is 9.96. The largest absolute Gasteiger partial charge is 0.459 e. The molecule has 0 spiro atoms. The van der Waals surface area contributed by atoms with Gasteiger partial charge in [-0.1, -0.05) is 34.1 Å². The third-order valence-corrected chi connectivity index (χ3v) is 5.04. The molecule has 1 aromatic rings. The van der Waals surface area contributed by atoms with Gasteiger partial charge in [0.15, 0.2) is 0 Å². The van der Waals surface area contributed by atoms with Crippen LogP contribution >= 0.6 is 15.9 Å². The van der Waals surface area contributed by atoms with E-state index in [2.05, 4.69) is 21.2 Å². The Morgan fingerprint density at radius 1 is 1.18 bits per heavy atom. The molecule has 1 aromatic carbocycles. The lowest BCUT2D eigenvalue weighted by Crippen LogP contribution is -2.45. The summed E-state index contributed by atoms with van der Waals surface area (Å²) in [4.78, 5) is 37.8. The number of hydrogen-bond acceptors (Lipinski definition) is 5. The summed E-state index contributed by atoms with van der Waals surface area (Å²) in [6, 6.07) is 7.46. The van der Waals surface area contributed by atoms with Crippen molar-refractivity contribution in [3.05, 3.63) is 34.3 Å². The monoisotopic (exact) mass is 454 g/mol. The lowest BCUT2D eigenvalue weighted by molar-refractivity contribution is -0.145. The summed E-state index contributed by atoms with van der Waals surface area (Å²) in [6.07, 6.45) is 0.718. The van der Waals surface area contributed by atoms with Gasteiger partial charge in [-0.25, -0.2) is 4.79 Å². The van der Waals surface area contributed by atoms with Crippen LogP contribution in [0.5, 0.6) is 0 Å². The number of benzene rings is 1. The van der Waals surface area contributed by atoms with Crippen LogP contribution in [-0.4, -0.2) is 48.1 Å². The Bertz CT molecular complexity index is 709. The van der Waals surface area contributed by atoms with Gasteiger partial charge in [0.25, 0.3) is 0 Å². The van der Waals surface area contributed by atoms with Crippen LogP contribution < -0.4 is 5.32 Å². The fraction of sp³-hybridized carbons (Fsp3) is 0.550. The molecule has 1 N–H and O–H groups in total. The highest BCUT2D eigenvalue weighted by Gasteiger charge is 2.30. The Hall–Kier alpha value is -2.09. The van der Waals surface area contributed by atoms with E-state index in [4.69, 9.17) is 9.47 Å². The maximum absolute atomic E-state index is 12.3. The first-order chi connectivity index (χ1) is 13.2. The molecule has 28 heavy (non-hydrogen) atoms. The second kappa shape index (κ2) is 9.91. The quantitative estimate of drug-likeness (QED) is 0.690. The third kappa shape index (κ3) is 7.14. The van der Waals surface area contributed by atoms with E-state index in [1.54, 1.807) is 4.90 Å². The van der Waals surface area contributed by atoms with Crippen LogP contribution in [0, 0.1) is 5.92 Å². The third-order valence-electron chi connectivity index (χ3n) is 4.27. The SMILES string of the molecule is CC(C)(C)OC(=O)N1CCC(C(=O)NCC(=O)OCc2ccccc2Br)CC1. The molecule has 8 heteroatoms. The minimum absolute atomic E-state index is 0.143. The summed E-state index contributed by atoms with van der Waals surface area (Å²) in [5, 5.41) is 2.63. The number of carbonyl (C=O) groups is 3. The maximum Gasteiger partial charge on any atom is 0.410 e. The molecule has 1 saturated heterocycles. The number of esters is 1. The van der Waals surface area contributed by atoms with Crippen molar-refractivity contribution in [1.82, 2.24) is 10.2 Å². The van der Waals surface area contributed by atoms with Crippen LogP contribution in [0.2, 0.25) is 0 Å². The zero-order chi connectivity index (χ0) is 20.7. The van der Waals surface area contributed by atoms with E-state index in [1.807, 2.05) is 45.0 Å². The molecule has 0 bridgehead atoms. The zero-order valence-corrected chi connectivity index (χ0v) is 18.1. The number of piperidine rings is 1. The van der Waals surface area contributed by atoms with Crippen molar-refractivity contribution in [3.63, 3.8) is 0 Å². The highest BCUT2D eigenvalue weighted by Crippen LogP contribution is 2.20. The van der Waals surface area contributed by atoms with E-state index in [9.17, 15) is 14.4 Å². The van der Waals surface area contributed by atoms with E-state index in [-0.39, 0.29) is 31.1 Å². The summed E-state index contributed by atoms with van der Waals surface area (Å²) < 4.78 is 11.4. The summed E-state index contributed by atoms with van der Waals surface area (Å²) in [6.45, 7) is 6.35. The number of carbonyl (C=O) groups excluding carboxylic acids is 3. The highest BCUT2D eigenvalue weighted by atomic mass is 79.9. The number of nitrogens with zero attached hydrogens (tertiary/aromatic N) is 1. The van der Waals surface area contributed by atoms with E-state index in [0.717, 1.165) is 10.0 Å². The molecule has 1 fully saturated rings. The Morgan fingerprint density at radius 2 is 1.82 bits per heavy atom. The molecule has 2 rings (SSSR count). The summed E-state index contributed by atoms with van der Waals surface area (Å²) >= 11 is 3.39. The molecule has 0 saturated carbocycles. The van der Waals surface area contributed by atoms with Crippen molar-refractivity contribution in [1.29, 1.82) is 0 Å². The number of halogens is 1. The fourth-order valence-corrected chi connectivity index (χ4v) is 3.18. The molecule has 0 radical (unpaired) electrons. The molecular weight excluding hydrogens is 428 g/mol. The van der Waals surface area contributed by atoms with Gasteiger partial charge in [0.2, 0.25) is 5.91 Å². The number of nitrogens with one attached hydrogen (secondary N) is 1. The average Bonchev–Trinajstić information content (AvgIpc) is 2.64. The molecule has 0 aromatic heterocycles. The van der Waals surface area contributed by atoms with Gasteiger partial charge in [-0.15, -0.1) is 0 Å². The van der Waals surface area contributed by atoms with Crippen LogP contribution in [0.1, 0.15) is 39.2 Å². The van der Waals surface area contributed by atoms with E-state index >= 15 is 0 Å². The topological polar surface area (TPSA) is 84.9 Å². The Labute approximate surface area is 173 Å². The number of amides is 2. The Balaban J connectivity index is 1.69. The molecule has 0 unspecified atom stereocenters. The molecule has 0 atom stereocenters. The molecular formula is C20H27BrN2O5. The van der Waals surface area contributed by atoms with Gasteiger partial charge >= 0.3 is 12.1 Å². The van der Waals surface area contributed by atoms with Crippen molar-refractivity contribution in [2.24, 2.45) is 5.92 Å². The first-order valence-electron chi connectivity index (χ1n) is 9.30. The van der Waals surface area contributed by atoms with Crippen molar-refractivity contribution in [2.45, 2.75) is 45.8 Å². The zero-order valence-electron chi connectivity index (χ0n) is 16.5. The van der Waals surface area contributed by atoms with Crippen molar-refractivity contribution >= 4 is 33.9 Å². The van der Waals surface area contributed by atoms with Crippen LogP contribution in [0.15, 0.2) is 28.7 Å². The minimum atomic E-state index is -0.541. The van der Waals surface area contributed by atoms with Gasteiger partial charge in [0, 0.05) is 29.0 Å². The minimum Gasteiger partial charge on any atom is -0.459 e. The number of likely N-dealkylation sites (tertiary alicyclic amines) is 1. The van der Waals surface area contributed by atoms with Crippen molar-refractivity contribution in [3.8, 4) is 0 Å². The molecule has 154 valence electrons. The standard InChI is InChI=1S/C20H27BrN2O5/c1-20(2,3)28-19(26)23-10-8-14(9-11-23)18(25)22-12-17(24)27-13-15-6-4-5-7-16(15)21/h4-7,14H,8-13H2,1-3H3,(H,22,25). The lowest BCUT2D eigenvalue weighted by Gasteiger charge is -2.32. The molecule has 1 aliphatic heterocycles. The maximum atomic E-state index is 12.3. The van der Waals surface area contributed by atoms with Crippen LogP contribution in [-0.2, 0) is 25.7 Å². The molecule has 0 aliphatic carbocycles. The molecule has 1 aliphatic rings. The van der Waals surface area contributed by atoms with E-state index in [1.165, 1.54) is 0 Å². The summed E-state index contributed by atoms with van der Waals surface area (Å²) in [5.41, 5.74) is 0.317. The summed E-state index contributed by atoms with van der Waals surface area (Å²) in [7, 11) is 0. The first-order valence-corrected chi connectivity index (χ1v) is 10.1. The molecule has 7 nitrogen and oxygen atoms in total. The number of hydrogen-bond donors (Lipinski definition) is 1. The van der Waals surface area contributed by atoms with Gasteiger partial charge in [0.1, 0.15) is 18.8 Å². The van der Waals surface area contributed by atoms with Crippen LogP contribution in [0.4, 0.5) is 4.79 Å². The average molecular weight is 455 g/mol. The summed E-state index contributed by atoms with van der Waals surface area (Å²) in [5.74, 6) is -0.910. The predicted octanol–water partition coefficient (Wildman–Crippen LogP) is 3.26. The van der Waals surface area contributed by atoms with Crippen LogP contribution in [0.25, 0.3) is 0 Å². The fourth-order valence-electron chi connectivity index (χ4n) is 2.78. The van der Waals surface area contributed by atoms with Crippen molar-refractivity contribution < 1.29 is 23.9 Å². The smallest absolute Gasteiger partial charge is 0.410 e. The Kier molecular flexibility index (Phi) is 7.86.